The van der Waals surface area contributed by atoms with Crippen molar-refractivity contribution in [2.75, 3.05) is 6.61 Å². The molecule has 0 saturated carbocycles. The van der Waals surface area contributed by atoms with Crippen LogP contribution in [0.15, 0.2) is 28.7 Å². The molecule has 0 radical (unpaired) electrons. The normalized spacial score (nSPS) is 19.5. The van der Waals surface area contributed by atoms with Crippen LogP contribution in [0.2, 0.25) is 5.15 Å². The number of fused-ring (bicyclic) bond motifs is 3. The Kier molecular flexibility index (Phi) is 2.47. The van der Waals surface area contributed by atoms with Crippen LogP contribution in [0.5, 0.6) is 0 Å². The number of nitrogens with zero attached hydrogens (tertiary/aromatic N) is 2. The fourth-order valence-corrected chi connectivity index (χ4v) is 2.71. The zero-order chi connectivity index (χ0) is 12.8. The van der Waals surface area contributed by atoms with E-state index in [1.54, 1.807) is 0 Å². The average molecular weight is 275 g/mol. The number of hydrogen-bond acceptors (Lipinski definition) is 4. The minimum absolute atomic E-state index is 0.0458. The van der Waals surface area contributed by atoms with Crippen molar-refractivity contribution in [1.29, 1.82) is 0 Å². The number of hydrogen-bond donors (Lipinski definition) is 0. The van der Waals surface area contributed by atoms with Crippen molar-refractivity contribution in [3.8, 4) is 0 Å². The quantitative estimate of drug-likeness (QED) is 0.632. The third kappa shape index (κ3) is 1.71. The van der Waals surface area contributed by atoms with E-state index < -0.39 is 0 Å². The van der Waals surface area contributed by atoms with Crippen LogP contribution in [-0.4, -0.2) is 16.6 Å². The van der Waals surface area contributed by atoms with Crippen molar-refractivity contribution in [1.82, 2.24) is 9.97 Å². The van der Waals surface area contributed by atoms with Gasteiger partial charge >= 0.3 is 0 Å². The van der Waals surface area contributed by atoms with Gasteiger partial charge in [0, 0.05) is 12.0 Å². The first-order valence-electron chi connectivity index (χ1n) is 6.29. The molecule has 5 heteroatoms. The summed E-state index contributed by atoms with van der Waals surface area (Å²) in [5, 5.41) is 1.31. The van der Waals surface area contributed by atoms with E-state index in [-0.39, 0.29) is 6.10 Å². The molecule has 1 aromatic carbocycles. The number of ether oxygens (including phenoxy) is 1. The summed E-state index contributed by atoms with van der Waals surface area (Å²) in [6, 6.07) is 7.76. The second kappa shape index (κ2) is 4.18. The Morgan fingerprint density at radius 2 is 2.11 bits per heavy atom. The molecular formula is C14H11ClN2O2. The van der Waals surface area contributed by atoms with E-state index in [9.17, 15) is 0 Å². The smallest absolute Gasteiger partial charge is 0.191 e. The Morgan fingerprint density at radius 3 is 2.95 bits per heavy atom. The summed E-state index contributed by atoms with van der Waals surface area (Å²) in [5.74, 6) is 0.654. The second-order valence-electron chi connectivity index (χ2n) is 4.65. The van der Waals surface area contributed by atoms with Crippen LogP contribution in [0, 0.1) is 0 Å². The van der Waals surface area contributed by atoms with Gasteiger partial charge in [0.05, 0.1) is 0 Å². The molecule has 0 spiro atoms. The molecular weight excluding hydrogens is 264 g/mol. The molecule has 0 bridgehead atoms. The highest BCUT2D eigenvalue weighted by Crippen LogP contribution is 2.34. The molecule has 0 amide bonds. The number of halogens is 1. The average Bonchev–Trinajstić information content (AvgIpc) is 3.06. The van der Waals surface area contributed by atoms with Crippen LogP contribution < -0.4 is 0 Å². The third-order valence-electron chi connectivity index (χ3n) is 3.41. The molecule has 1 aliphatic heterocycles. The lowest BCUT2D eigenvalue weighted by atomic mass is 10.2. The fraction of sp³-hybridized carbons (Fsp3) is 0.286. The molecule has 0 aliphatic carbocycles. The molecule has 1 atom stereocenters. The Morgan fingerprint density at radius 1 is 1.21 bits per heavy atom. The Bertz CT molecular complexity index is 763. The van der Waals surface area contributed by atoms with E-state index in [4.69, 9.17) is 20.8 Å². The van der Waals surface area contributed by atoms with Crippen LogP contribution >= 0.6 is 11.6 Å². The molecule has 1 saturated heterocycles. The first kappa shape index (κ1) is 11.2. The molecule has 1 aliphatic rings. The van der Waals surface area contributed by atoms with Crippen LogP contribution in [0.1, 0.15) is 24.8 Å². The van der Waals surface area contributed by atoms with E-state index in [1.807, 2.05) is 24.3 Å². The molecule has 19 heavy (non-hydrogen) atoms. The predicted molar refractivity (Wildman–Crippen MR) is 72.2 cm³/mol. The molecule has 96 valence electrons. The van der Waals surface area contributed by atoms with E-state index in [2.05, 4.69) is 9.97 Å². The van der Waals surface area contributed by atoms with Gasteiger partial charge in [-0.25, -0.2) is 9.97 Å². The first-order chi connectivity index (χ1) is 9.33. The Hall–Kier alpha value is -1.65. The van der Waals surface area contributed by atoms with Gasteiger partial charge in [-0.2, -0.15) is 0 Å². The van der Waals surface area contributed by atoms with E-state index in [1.165, 1.54) is 0 Å². The third-order valence-corrected chi connectivity index (χ3v) is 3.67. The lowest BCUT2D eigenvalue weighted by Gasteiger charge is -2.07. The number of aromatic nitrogens is 2. The maximum atomic E-state index is 6.21. The van der Waals surface area contributed by atoms with Crippen LogP contribution in [-0.2, 0) is 4.74 Å². The first-order valence-corrected chi connectivity index (χ1v) is 6.67. The SMILES string of the molecule is Clc1nc(C2CCCO2)nc2c1oc1ccccc12. The number of furan rings is 1. The van der Waals surface area contributed by atoms with Gasteiger partial charge in [-0.05, 0) is 25.0 Å². The lowest BCUT2D eigenvalue weighted by molar-refractivity contribution is 0.105. The van der Waals surface area contributed by atoms with Gasteiger partial charge in [0.1, 0.15) is 17.2 Å². The summed E-state index contributed by atoms with van der Waals surface area (Å²) >= 11 is 6.21. The highest BCUT2D eigenvalue weighted by molar-refractivity contribution is 6.34. The summed E-state index contributed by atoms with van der Waals surface area (Å²) < 4.78 is 11.3. The maximum Gasteiger partial charge on any atom is 0.191 e. The molecule has 4 rings (SSSR count). The minimum atomic E-state index is -0.0458. The number of benzene rings is 1. The standard InChI is InChI=1S/C14H11ClN2O2/c15-13-12-11(8-4-1-2-5-9(8)19-12)16-14(17-13)10-6-3-7-18-10/h1-2,4-5,10H,3,6-7H2. The van der Waals surface area contributed by atoms with Gasteiger partial charge in [-0.15, -0.1) is 0 Å². The predicted octanol–water partition coefficient (Wildman–Crippen LogP) is 3.88. The van der Waals surface area contributed by atoms with Gasteiger partial charge in [-0.3, -0.25) is 0 Å². The Balaban J connectivity index is 2.00. The molecule has 0 N–H and O–H groups in total. The van der Waals surface area contributed by atoms with Gasteiger partial charge in [0.2, 0.25) is 0 Å². The van der Waals surface area contributed by atoms with Gasteiger partial charge in [0.15, 0.2) is 16.6 Å². The fourth-order valence-electron chi connectivity index (χ4n) is 2.50. The Labute approximate surface area is 114 Å². The molecule has 3 heterocycles. The summed E-state index contributed by atoms with van der Waals surface area (Å²) in [6.45, 7) is 0.760. The molecule has 1 unspecified atom stereocenters. The van der Waals surface area contributed by atoms with Crippen LogP contribution in [0.3, 0.4) is 0 Å². The number of rotatable bonds is 1. The van der Waals surface area contributed by atoms with Crippen molar-refractivity contribution in [2.45, 2.75) is 18.9 Å². The highest BCUT2D eigenvalue weighted by Gasteiger charge is 2.23. The summed E-state index contributed by atoms with van der Waals surface area (Å²) in [4.78, 5) is 8.91. The topological polar surface area (TPSA) is 48.2 Å². The van der Waals surface area contributed by atoms with Crippen molar-refractivity contribution >= 4 is 33.7 Å². The largest absolute Gasteiger partial charge is 0.451 e. The van der Waals surface area contributed by atoms with E-state index >= 15 is 0 Å². The summed E-state index contributed by atoms with van der Waals surface area (Å²) in [7, 11) is 0. The van der Waals surface area contributed by atoms with Crippen LogP contribution in [0.4, 0.5) is 0 Å². The van der Waals surface area contributed by atoms with Gasteiger partial charge in [-0.1, -0.05) is 23.7 Å². The van der Waals surface area contributed by atoms with Crippen molar-refractivity contribution < 1.29 is 9.15 Å². The van der Waals surface area contributed by atoms with Gasteiger partial charge < -0.3 is 9.15 Å². The molecule has 1 fully saturated rings. The molecule has 3 aromatic rings. The number of para-hydroxylation sites is 1. The lowest BCUT2D eigenvalue weighted by Crippen LogP contribution is -2.02. The second-order valence-corrected chi connectivity index (χ2v) is 5.01. The van der Waals surface area contributed by atoms with Crippen LogP contribution in [0.25, 0.3) is 22.1 Å². The summed E-state index contributed by atoms with van der Waals surface area (Å²) in [6.07, 6.45) is 1.93. The van der Waals surface area contributed by atoms with E-state index in [0.29, 0.717) is 16.6 Å². The zero-order valence-corrected chi connectivity index (χ0v) is 10.9. The zero-order valence-electron chi connectivity index (χ0n) is 10.1. The van der Waals surface area contributed by atoms with Gasteiger partial charge in [0.25, 0.3) is 0 Å². The highest BCUT2D eigenvalue weighted by atomic mass is 35.5. The summed E-state index contributed by atoms with van der Waals surface area (Å²) in [5.41, 5.74) is 2.09. The van der Waals surface area contributed by atoms with Crippen molar-refractivity contribution in [3.05, 3.63) is 35.2 Å². The monoisotopic (exact) mass is 274 g/mol. The van der Waals surface area contributed by atoms with E-state index in [0.717, 1.165) is 35.9 Å². The molecule has 4 nitrogen and oxygen atoms in total. The maximum absolute atomic E-state index is 6.21. The molecule has 2 aromatic heterocycles. The van der Waals surface area contributed by atoms with Crippen molar-refractivity contribution in [3.63, 3.8) is 0 Å². The minimum Gasteiger partial charge on any atom is -0.451 e. The van der Waals surface area contributed by atoms with Crippen molar-refractivity contribution in [2.24, 2.45) is 0 Å².